The first kappa shape index (κ1) is 26.9. The number of nitrogens with one attached hydrogen (secondary N) is 3. The first-order valence-corrected chi connectivity index (χ1v) is 13.9. The number of oxime groups is 1. The Morgan fingerprint density at radius 1 is 1.36 bits per heavy atom. The standard InChI is InChI=1S/C19H24N10O8S2/c20-18-24-11(8-38-18)13(27-37-19(1-2-19)17(32)33)15(30)25-14-12(29(16(14)31)39(34,35)36)7-28-23-6-10(26-28)5-22-9-3-21-4-9/h6,8-9,12,14,21-22H,1-5,7H2,(H2,20,24)(H,25,30)(H,32,33)(H,34,35,36)/t12-,14-/m0/s1. The number of aliphatic carboxylic acids is 1. The van der Waals surface area contributed by atoms with Crippen molar-refractivity contribution in [2.24, 2.45) is 5.16 Å². The summed E-state index contributed by atoms with van der Waals surface area (Å²) in [5, 5.41) is 31.6. The Morgan fingerprint density at radius 2 is 2.10 bits per heavy atom. The average Bonchev–Trinajstić information content (AvgIpc) is 3.30. The molecule has 18 nitrogen and oxygen atoms in total. The molecule has 7 N–H and O–H groups in total. The van der Waals surface area contributed by atoms with E-state index in [1.54, 1.807) is 0 Å². The van der Waals surface area contributed by atoms with Crippen molar-refractivity contribution in [2.75, 3.05) is 18.8 Å². The molecule has 2 amide bonds. The number of nitrogen functional groups attached to an aromatic ring is 1. The van der Waals surface area contributed by atoms with Crippen molar-refractivity contribution < 1.29 is 37.3 Å². The van der Waals surface area contributed by atoms with Crippen LogP contribution >= 0.6 is 11.3 Å². The predicted octanol–water partition coefficient (Wildman–Crippen LogP) is -3.09. The van der Waals surface area contributed by atoms with E-state index >= 15 is 0 Å². The highest BCUT2D eigenvalue weighted by Gasteiger charge is 2.56. The van der Waals surface area contributed by atoms with Gasteiger partial charge in [-0.25, -0.2) is 14.1 Å². The molecular weight excluding hydrogens is 560 g/mol. The Labute approximate surface area is 224 Å². The van der Waals surface area contributed by atoms with Crippen LogP contribution in [0.5, 0.6) is 0 Å². The Hall–Kier alpha value is -3.72. The SMILES string of the molecule is Nc1nc(C(=NOC2(C(=O)O)CC2)C(=O)N[C@@H]2C(=O)N(S(=O)(=O)O)[C@H]2Cn2ncc(CNC3CNC3)n2)cs1. The monoisotopic (exact) mass is 584 g/mol. The van der Waals surface area contributed by atoms with E-state index in [4.69, 9.17) is 10.6 Å². The summed E-state index contributed by atoms with van der Waals surface area (Å²) in [6.45, 7) is 1.77. The Balaban J connectivity index is 1.33. The molecule has 2 aliphatic heterocycles. The number of anilines is 1. The quantitative estimate of drug-likeness (QED) is 0.0626. The van der Waals surface area contributed by atoms with Gasteiger partial charge in [0.15, 0.2) is 10.8 Å². The fraction of sp³-hybridized carbons (Fsp3) is 0.526. The van der Waals surface area contributed by atoms with Crippen LogP contribution in [0.2, 0.25) is 0 Å². The molecule has 0 spiro atoms. The zero-order valence-electron chi connectivity index (χ0n) is 20.1. The first-order chi connectivity index (χ1) is 18.5. The highest BCUT2D eigenvalue weighted by atomic mass is 32.2. The van der Waals surface area contributed by atoms with Crippen molar-refractivity contribution in [3.05, 3.63) is 23.0 Å². The number of nitrogens with two attached hydrogens (primary N) is 1. The molecule has 3 aliphatic rings. The van der Waals surface area contributed by atoms with Crippen molar-refractivity contribution in [3.8, 4) is 0 Å². The van der Waals surface area contributed by atoms with E-state index in [-0.39, 0.29) is 34.5 Å². The lowest BCUT2D eigenvalue weighted by atomic mass is 9.98. The largest absolute Gasteiger partial charge is 0.478 e. The number of nitrogens with zero attached hydrogens (tertiary/aromatic N) is 6. The average molecular weight is 585 g/mol. The van der Waals surface area contributed by atoms with Crippen LogP contribution < -0.4 is 21.7 Å². The van der Waals surface area contributed by atoms with Crippen LogP contribution in [-0.4, -0.2) is 103 Å². The predicted molar refractivity (Wildman–Crippen MR) is 131 cm³/mol. The molecule has 2 aromatic rings. The molecule has 2 saturated heterocycles. The second kappa shape index (κ2) is 10.1. The summed E-state index contributed by atoms with van der Waals surface area (Å²) in [6.07, 6.45) is 1.83. The van der Waals surface area contributed by atoms with Crippen molar-refractivity contribution in [1.82, 2.24) is 40.2 Å². The van der Waals surface area contributed by atoms with Crippen molar-refractivity contribution in [3.63, 3.8) is 0 Å². The van der Waals surface area contributed by atoms with E-state index < -0.39 is 51.5 Å². The van der Waals surface area contributed by atoms with E-state index in [1.807, 2.05) is 0 Å². The third-order valence-corrected chi connectivity index (χ3v) is 8.00. The van der Waals surface area contributed by atoms with Crippen LogP contribution in [0.25, 0.3) is 0 Å². The number of carbonyl (C=O) groups is 3. The van der Waals surface area contributed by atoms with Gasteiger partial charge in [0.2, 0.25) is 5.60 Å². The van der Waals surface area contributed by atoms with E-state index in [9.17, 15) is 32.5 Å². The molecule has 20 heteroatoms. The highest BCUT2D eigenvalue weighted by Crippen LogP contribution is 2.40. The lowest BCUT2D eigenvalue weighted by molar-refractivity contribution is -0.153. The van der Waals surface area contributed by atoms with Gasteiger partial charge in [-0.15, -0.1) is 11.3 Å². The minimum absolute atomic E-state index is 0.0429. The van der Waals surface area contributed by atoms with Gasteiger partial charge in [-0.05, 0) is 0 Å². The number of β-lactam (4-membered cyclic amide) rings is 1. The highest BCUT2D eigenvalue weighted by molar-refractivity contribution is 7.84. The molecule has 2 atom stereocenters. The van der Waals surface area contributed by atoms with Gasteiger partial charge in [0.05, 0.1) is 18.4 Å². The molecule has 3 fully saturated rings. The number of carbonyl (C=O) groups excluding carboxylic acids is 2. The third kappa shape index (κ3) is 5.54. The Morgan fingerprint density at radius 3 is 2.67 bits per heavy atom. The molecule has 39 heavy (non-hydrogen) atoms. The molecule has 5 rings (SSSR count). The number of hydrogen-bond acceptors (Lipinski definition) is 14. The van der Waals surface area contributed by atoms with Crippen molar-refractivity contribution in [2.45, 2.75) is 49.7 Å². The Bertz CT molecular complexity index is 1430. The van der Waals surface area contributed by atoms with Crippen LogP contribution in [0, 0.1) is 0 Å². The third-order valence-electron chi connectivity index (χ3n) is 6.38. The van der Waals surface area contributed by atoms with E-state index in [1.165, 1.54) is 11.6 Å². The van der Waals surface area contributed by atoms with E-state index in [2.05, 4.69) is 36.3 Å². The minimum atomic E-state index is -4.97. The zero-order valence-corrected chi connectivity index (χ0v) is 21.7. The summed E-state index contributed by atoms with van der Waals surface area (Å²) >= 11 is 0.982. The smallest absolute Gasteiger partial charge is 0.362 e. The summed E-state index contributed by atoms with van der Waals surface area (Å²) in [4.78, 5) is 47.5. The fourth-order valence-electron chi connectivity index (χ4n) is 3.89. The summed E-state index contributed by atoms with van der Waals surface area (Å²) in [5.74, 6) is -3.37. The molecule has 210 valence electrons. The second-order valence-corrected chi connectivity index (χ2v) is 11.3. The second-order valence-electron chi connectivity index (χ2n) is 9.16. The van der Waals surface area contributed by atoms with E-state index in [0.29, 0.717) is 18.3 Å². The molecule has 4 heterocycles. The number of rotatable bonds is 12. The van der Waals surface area contributed by atoms with Gasteiger partial charge in [0.25, 0.3) is 11.8 Å². The summed E-state index contributed by atoms with van der Waals surface area (Å²) in [7, 11) is -4.97. The number of amides is 2. The molecule has 0 unspecified atom stereocenters. The zero-order chi connectivity index (χ0) is 27.9. The van der Waals surface area contributed by atoms with Gasteiger partial charge in [0, 0.05) is 43.9 Å². The molecule has 0 aromatic carbocycles. The molecular formula is C19H24N10O8S2. The fourth-order valence-corrected chi connectivity index (χ4v) is 5.31. The number of carboxylic acids is 1. The van der Waals surface area contributed by atoms with Crippen LogP contribution in [0.15, 0.2) is 16.7 Å². The first-order valence-electron chi connectivity index (χ1n) is 11.6. The molecule has 1 aliphatic carbocycles. The Kier molecular flexibility index (Phi) is 6.97. The van der Waals surface area contributed by atoms with Crippen molar-refractivity contribution in [1.29, 1.82) is 0 Å². The summed E-state index contributed by atoms with van der Waals surface area (Å²) < 4.78 is 33.6. The topological polar surface area (TPSA) is 256 Å². The molecule has 2 aromatic heterocycles. The number of hydrogen-bond donors (Lipinski definition) is 6. The lowest BCUT2D eigenvalue weighted by Gasteiger charge is -2.43. The van der Waals surface area contributed by atoms with Gasteiger partial charge in [-0.1, -0.05) is 5.16 Å². The number of thiazole rings is 1. The maximum absolute atomic E-state index is 13.2. The lowest BCUT2D eigenvalue weighted by Crippen LogP contribution is -2.73. The normalized spacial score (nSPS) is 22.6. The van der Waals surface area contributed by atoms with Crippen LogP contribution in [0.1, 0.15) is 24.2 Å². The minimum Gasteiger partial charge on any atom is -0.478 e. The molecule has 1 saturated carbocycles. The van der Waals surface area contributed by atoms with Gasteiger partial charge < -0.3 is 31.6 Å². The van der Waals surface area contributed by atoms with Crippen molar-refractivity contribution >= 4 is 50.3 Å². The van der Waals surface area contributed by atoms with Gasteiger partial charge in [-0.3, -0.25) is 14.1 Å². The number of aromatic nitrogens is 4. The number of carboxylic acid groups (broad SMARTS) is 1. The van der Waals surface area contributed by atoms with Crippen LogP contribution in [0.4, 0.5) is 5.13 Å². The van der Waals surface area contributed by atoms with Crippen LogP contribution in [-0.2, 0) is 42.6 Å². The van der Waals surface area contributed by atoms with Gasteiger partial charge in [-0.2, -0.15) is 23.4 Å². The van der Waals surface area contributed by atoms with Gasteiger partial charge in [0.1, 0.15) is 17.8 Å². The molecule has 0 radical (unpaired) electrons. The maximum Gasteiger partial charge on any atom is 0.362 e. The van der Waals surface area contributed by atoms with Gasteiger partial charge >= 0.3 is 16.3 Å². The summed E-state index contributed by atoms with van der Waals surface area (Å²) in [6, 6.07) is -2.41. The van der Waals surface area contributed by atoms with Crippen LogP contribution in [0.3, 0.4) is 0 Å². The van der Waals surface area contributed by atoms with E-state index in [0.717, 1.165) is 29.2 Å². The summed E-state index contributed by atoms with van der Waals surface area (Å²) in [5.41, 5.74) is 4.13. The maximum atomic E-state index is 13.2. The molecule has 0 bridgehead atoms.